The smallest absolute Gasteiger partial charge is 0.00691 e. The third-order valence-electron chi connectivity index (χ3n) is 3.32. The second-order valence-corrected chi connectivity index (χ2v) is 5.60. The van der Waals surface area contributed by atoms with Crippen LogP contribution in [-0.2, 0) is 0 Å². The van der Waals surface area contributed by atoms with Gasteiger partial charge in [0.05, 0.1) is 0 Å². The lowest BCUT2D eigenvalue weighted by Crippen LogP contribution is -2.31. The Morgan fingerprint density at radius 2 is 1.67 bits per heavy atom. The highest BCUT2D eigenvalue weighted by atomic mass is 14.9. The van der Waals surface area contributed by atoms with Gasteiger partial charge in [0.15, 0.2) is 0 Å². The number of unbranched alkanes of at least 4 members (excludes halogenated alkanes) is 2. The van der Waals surface area contributed by atoms with E-state index in [-0.39, 0.29) is 0 Å². The van der Waals surface area contributed by atoms with E-state index in [0.29, 0.717) is 5.41 Å². The normalized spacial score (nSPS) is 14.2. The van der Waals surface area contributed by atoms with Gasteiger partial charge in [-0.05, 0) is 31.7 Å². The average molecular weight is 213 g/mol. The molecule has 0 aromatic heterocycles. The van der Waals surface area contributed by atoms with Crippen LogP contribution in [0, 0.1) is 5.41 Å². The summed E-state index contributed by atoms with van der Waals surface area (Å²) in [5.74, 6) is 0. The van der Waals surface area contributed by atoms with Crippen molar-refractivity contribution in [1.29, 1.82) is 0 Å². The molecule has 0 saturated carbocycles. The molecule has 0 aliphatic rings. The summed E-state index contributed by atoms with van der Waals surface area (Å²) in [6.07, 6.45) is 9.39. The molecular formula is C14H31N. The first-order valence-corrected chi connectivity index (χ1v) is 6.73. The topological polar surface area (TPSA) is 12.0 Å². The van der Waals surface area contributed by atoms with Crippen molar-refractivity contribution in [3.8, 4) is 0 Å². The van der Waals surface area contributed by atoms with Crippen molar-refractivity contribution in [2.24, 2.45) is 5.41 Å². The highest BCUT2D eigenvalue weighted by Gasteiger charge is 2.21. The van der Waals surface area contributed by atoms with Crippen molar-refractivity contribution >= 4 is 0 Å². The van der Waals surface area contributed by atoms with E-state index >= 15 is 0 Å². The van der Waals surface area contributed by atoms with Gasteiger partial charge in [-0.25, -0.2) is 0 Å². The predicted octanol–water partition coefficient (Wildman–Crippen LogP) is 4.37. The van der Waals surface area contributed by atoms with E-state index in [9.17, 15) is 0 Å². The largest absolute Gasteiger partial charge is 0.317 e. The van der Waals surface area contributed by atoms with E-state index in [2.05, 4.69) is 40.1 Å². The fourth-order valence-corrected chi connectivity index (χ4v) is 2.22. The van der Waals surface area contributed by atoms with E-state index in [4.69, 9.17) is 0 Å². The van der Waals surface area contributed by atoms with Crippen LogP contribution in [0.2, 0.25) is 0 Å². The third kappa shape index (κ3) is 7.84. The van der Waals surface area contributed by atoms with Crippen LogP contribution in [-0.4, -0.2) is 13.1 Å². The van der Waals surface area contributed by atoms with Crippen molar-refractivity contribution in [1.82, 2.24) is 5.32 Å². The van der Waals surface area contributed by atoms with Crippen LogP contribution in [0.15, 0.2) is 0 Å². The zero-order chi connectivity index (χ0) is 11.7. The van der Waals surface area contributed by atoms with Gasteiger partial charge in [0.25, 0.3) is 0 Å². The highest BCUT2D eigenvalue weighted by Crippen LogP contribution is 2.30. The molecule has 0 amide bonds. The second-order valence-electron chi connectivity index (χ2n) is 5.60. The third-order valence-corrected chi connectivity index (χ3v) is 3.32. The van der Waals surface area contributed by atoms with Gasteiger partial charge in [-0.2, -0.15) is 0 Å². The monoisotopic (exact) mass is 213 g/mol. The number of rotatable bonds is 9. The first kappa shape index (κ1) is 15.0. The van der Waals surface area contributed by atoms with E-state index in [1.165, 1.54) is 44.9 Å². The van der Waals surface area contributed by atoms with E-state index in [1.54, 1.807) is 0 Å². The van der Waals surface area contributed by atoms with Crippen LogP contribution in [0.3, 0.4) is 0 Å². The average Bonchev–Trinajstić information content (AvgIpc) is 2.21. The summed E-state index contributed by atoms with van der Waals surface area (Å²) in [6, 6.07) is 0.719. The van der Waals surface area contributed by atoms with Crippen LogP contribution >= 0.6 is 0 Å². The molecule has 92 valence electrons. The van der Waals surface area contributed by atoms with Gasteiger partial charge in [0.2, 0.25) is 0 Å². The summed E-state index contributed by atoms with van der Waals surface area (Å²) in [6.45, 7) is 9.38. The zero-order valence-corrected chi connectivity index (χ0v) is 11.5. The Morgan fingerprint density at radius 3 is 2.13 bits per heavy atom. The van der Waals surface area contributed by atoms with Crippen molar-refractivity contribution in [2.45, 2.75) is 78.7 Å². The molecule has 0 aromatic carbocycles. The molecule has 0 rings (SSSR count). The lowest BCUT2D eigenvalue weighted by atomic mass is 9.80. The summed E-state index contributed by atoms with van der Waals surface area (Å²) in [7, 11) is 2.11. The Morgan fingerprint density at radius 1 is 1.07 bits per heavy atom. The van der Waals surface area contributed by atoms with Crippen LogP contribution in [0.25, 0.3) is 0 Å². The first-order chi connectivity index (χ1) is 7.05. The van der Waals surface area contributed by atoms with Crippen molar-refractivity contribution in [2.75, 3.05) is 7.05 Å². The van der Waals surface area contributed by atoms with Crippen LogP contribution < -0.4 is 5.32 Å². The Kier molecular flexibility index (Phi) is 8.13. The first-order valence-electron chi connectivity index (χ1n) is 6.73. The van der Waals surface area contributed by atoms with Crippen LogP contribution in [0.1, 0.15) is 72.6 Å². The molecule has 0 aliphatic carbocycles. The molecule has 15 heavy (non-hydrogen) atoms. The number of hydrogen-bond acceptors (Lipinski definition) is 1. The summed E-state index contributed by atoms with van der Waals surface area (Å²) in [5, 5.41) is 3.47. The maximum Gasteiger partial charge on any atom is 0.00691 e. The fourth-order valence-electron chi connectivity index (χ4n) is 2.22. The molecule has 1 N–H and O–H groups in total. The van der Waals surface area contributed by atoms with E-state index in [0.717, 1.165) is 6.04 Å². The molecule has 1 atom stereocenters. The molecule has 1 heteroatoms. The standard InChI is InChI=1S/C14H31N/c1-6-8-10-13(15-5)12-14(3,4)11-9-7-2/h13,15H,6-12H2,1-5H3. The molecule has 0 radical (unpaired) electrons. The van der Waals surface area contributed by atoms with Gasteiger partial charge in [0.1, 0.15) is 0 Å². The van der Waals surface area contributed by atoms with Gasteiger partial charge in [0, 0.05) is 6.04 Å². The van der Waals surface area contributed by atoms with Gasteiger partial charge < -0.3 is 5.32 Å². The molecule has 1 nitrogen and oxygen atoms in total. The maximum atomic E-state index is 3.47. The number of nitrogens with one attached hydrogen (secondary N) is 1. The summed E-state index contributed by atoms with van der Waals surface area (Å²) >= 11 is 0. The fraction of sp³-hybridized carbons (Fsp3) is 1.00. The molecule has 0 spiro atoms. The molecule has 0 aliphatic heterocycles. The number of hydrogen-bond donors (Lipinski definition) is 1. The molecule has 0 fully saturated rings. The van der Waals surface area contributed by atoms with Crippen molar-refractivity contribution in [3.63, 3.8) is 0 Å². The molecule has 0 saturated heterocycles. The lowest BCUT2D eigenvalue weighted by Gasteiger charge is -2.29. The summed E-state index contributed by atoms with van der Waals surface area (Å²) in [4.78, 5) is 0. The SMILES string of the molecule is CCCCC(CC(C)(C)CCCC)NC. The Hall–Kier alpha value is -0.0400. The summed E-state index contributed by atoms with van der Waals surface area (Å²) < 4.78 is 0. The minimum absolute atomic E-state index is 0.511. The van der Waals surface area contributed by atoms with Gasteiger partial charge >= 0.3 is 0 Å². The zero-order valence-electron chi connectivity index (χ0n) is 11.5. The highest BCUT2D eigenvalue weighted by molar-refractivity contribution is 4.76. The molecule has 0 heterocycles. The van der Waals surface area contributed by atoms with Crippen LogP contribution in [0.4, 0.5) is 0 Å². The molecular weight excluding hydrogens is 182 g/mol. The predicted molar refractivity (Wildman–Crippen MR) is 70.3 cm³/mol. The van der Waals surface area contributed by atoms with E-state index < -0.39 is 0 Å². The Balaban J connectivity index is 3.90. The van der Waals surface area contributed by atoms with Crippen LogP contribution in [0.5, 0.6) is 0 Å². The van der Waals surface area contributed by atoms with E-state index in [1.807, 2.05) is 0 Å². The van der Waals surface area contributed by atoms with Gasteiger partial charge in [-0.3, -0.25) is 0 Å². The second kappa shape index (κ2) is 8.15. The van der Waals surface area contributed by atoms with Gasteiger partial charge in [-0.1, -0.05) is 53.4 Å². The Labute approximate surface area is 97.0 Å². The minimum atomic E-state index is 0.511. The Bertz CT molecular complexity index is 140. The lowest BCUT2D eigenvalue weighted by molar-refractivity contribution is 0.251. The molecule has 0 aromatic rings. The molecule has 0 bridgehead atoms. The van der Waals surface area contributed by atoms with Gasteiger partial charge in [-0.15, -0.1) is 0 Å². The molecule has 1 unspecified atom stereocenters. The minimum Gasteiger partial charge on any atom is -0.317 e. The van der Waals surface area contributed by atoms with Crippen molar-refractivity contribution < 1.29 is 0 Å². The van der Waals surface area contributed by atoms with Crippen molar-refractivity contribution in [3.05, 3.63) is 0 Å². The quantitative estimate of drug-likeness (QED) is 0.599. The maximum absolute atomic E-state index is 3.47. The summed E-state index contributed by atoms with van der Waals surface area (Å²) in [5.41, 5.74) is 0.511.